The summed E-state index contributed by atoms with van der Waals surface area (Å²) in [4.78, 5) is 53.9. The first-order chi connectivity index (χ1) is 42.0. The average molecular weight is 1200 g/mol. The summed E-state index contributed by atoms with van der Waals surface area (Å²) in [6.45, 7) is 7.12. The van der Waals surface area contributed by atoms with Gasteiger partial charge in [0, 0.05) is 26.1 Å². The lowest BCUT2D eigenvalue weighted by molar-refractivity contribution is -0.306. The van der Waals surface area contributed by atoms with Crippen molar-refractivity contribution < 1.29 is 48.7 Å². The average Bonchev–Trinajstić information content (AvgIpc) is 1.09. The molecule has 0 amide bonds. The molecule has 1 N–H and O–H groups in total. The molecule has 11 nitrogen and oxygen atoms in total. The van der Waals surface area contributed by atoms with Crippen LogP contribution in [0.25, 0.3) is 0 Å². The van der Waals surface area contributed by atoms with Crippen LogP contribution in [-0.4, -0.2) is 78.9 Å². The number of aromatic carboxylic acids is 1. The Morgan fingerprint density at radius 3 is 1.21 bits per heavy atom. The predicted molar refractivity (Wildman–Crippen MR) is 338 cm³/mol. The Morgan fingerprint density at radius 2 is 0.872 bits per heavy atom. The van der Waals surface area contributed by atoms with E-state index in [1.54, 1.807) is 0 Å². The van der Waals surface area contributed by atoms with Gasteiger partial charge in [0.2, 0.25) is 0 Å². The van der Waals surface area contributed by atoms with Gasteiger partial charge >= 0.3 is 17.9 Å². The van der Waals surface area contributed by atoms with E-state index in [2.05, 4.69) is 194 Å². The highest BCUT2D eigenvalue weighted by Crippen LogP contribution is 2.57. The molecule has 0 unspecified atom stereocenters. The second-order valence-corrected chi connectivity index (χ2v) is 26.4. The van der Waals surface area contributed by atoms with Gasteiger partial charge in [-0.25, -0.2) is 9.59 Å². The molecule has 13 heteroatoms. The number of carbonyl (C=O) groups is 4. The van der Waals surface area contributed by atoms with Gasteiger partial charge in [-0.15, -0.1) is 0 Å². The molecule has 5 fully saturated rings. The number of esters is 2. The van der Waals surface area contributed by atoms with E-state index in [1.165, 1.54) is 118 Å². The third-order valence-electron chi connectivity index (χ3n) is 15.7. The second kappa shape index (κ2) is 36.7. The van der Waals surface area contributed by atoms with Gasteiger partial charge in [-0.05, 0) is 142 Å². The number of carbonyl (C=O) groups excluding carboxylic acids is 3. The van der Waals surface area contributed by atoms with Crippen molar-refractivity contribution in [3.63, 3.8) is 0 Å². The Kier molecular flexibility index (Phi) is 28.4. The van der Waals surface area contributed by atoms with Crippen molar-refractivity contribution >= 4 is 45.7 Å². The van der Waals surface area contributed by atoms with Crippen LogP contribution in [0.1, 0.15) is 120 Å². The Morgan fingerprint density at radius 1 is 0.523 bits per heavy atom. The molecule has 5 aliphatic rings. The molecule has 4 bridgehead atoms. The topological polar surface area (TPSA) is 166 Å². The number of unbranched alkanes of at least 4 members (excludes halogenated alkanes) is 8. The number of ether oxygens (including phenoxy) is 3. The molecule has 1 heterocycles. The minimum Gasteiger partial charge on any atom is -0.872 e. The van der Waals surface area contributed by atoms with Gasteiger partial charge in [0.05, 0.1) is 40.6 Å². The van der Waals surface area contributed by atoms with E-state index in [9.17, 15) is 29.4 Å². The Hall–Kier alpha value is -7.16. The molecule has 86 heavy (non-hydrogen) atoms. The van der Waals surface area contributed by atoms with E-state index < -0.39 is 29.3 Å². The maximum absolute atomic E-state index is 11.6. The van der Waals surface area contributed by atoms with Crippen LogP contribution in [-0.2, 0) is 50.4 Å². The Balaban J connectivity index is 0.000000156. The number of carboxylic acid groups (broad SMARTS) is 2. The SMILES string of the molecule is CCCCCCCCCCCC(=O)OCCN1CCOCC1.O=C(O)c1ccccc1[O-].O=C([O-])C(=O)OC12CC3CC(CC(C3)C1)C2.c1ccc([S+](c2ccccc2)c2ccccc2)cc1.c1ccc([S+](c2ccccc2)c2ccccc2)cc1. The number of rotatable bonds is 21. The number of morpholine rings is 1. The summed E-state index contributed by atoms with van der Waals surface area (Å²) in [6.07, 6.45) is 18.4. The summed E-state index contributed by atoms with van der Waals surface area (Å²) in [5.41, 5.74) is -0.645. The first kappa shape index (κ1) is 66.4. The number of hydrogen-bond acceptors (Lipinski definition) is 10. The second-order valence-electron chi connectivity index (χ2n) is 22.3. The Bertz CT molecular complexity index is 2700. The van der Waals surface area contributed by atoms with Crippen LogP contribution in [0, 0.1) is 17.8 Å². The fourth-order valence-electron chi connectivity index (χ4n) is 12.0. The highest BCUT2D eigenvalue weighted by atomic mass is 32.2. The molecular weight excluding hydrogens is 1110 g/mol. The van der Waals surface area contributed by atoms with E-state index in [1.807, 2.05) is 0 Å². The molecule has 7 aromatic rings. The van der Waals surface area contributed by atoms with Crippen molar-refractivity contribution in [1.29, 1.82) is 0 Å². The standard InChI is InChI=1S/C18H35NO3.2C18H15S.C12H16O4.C7H6O3/c1-2-3-4-5-6-7-8-9-10-11-18(20)22-17-14-19-12-15-21-16-13-19;2*1-4-10-16(11-5-1)19(17-12-6-2-7-13-17)18-14-8-3-9-15-18;13-10(14)11(15)16-12-4-7-1-8(5-12)3-9(2-7)6-12;8-6-4-2-1-3-5(6)7(9)10/h2-17H2,1H3;2*1-15H;7-9H,1-6H2,(H,13,14);1-4,8H,(H,9,10)/q;2*+1;;/p-2. The number of aliphatic carboxylic acids is 1. The highest BCUT2D eigenvalue weighted by molar-refractivity contribution is 7.97. The summed E-state index contributed by atoms with van der Waals surface area (Å²) >= 11 is 0. The van der Waals surface area contributed by atoms with Gasteiger partial charge in [0.1, 0.15) is 12.2 Å². The molecule has 4 saturated carbocycles. The van der Waals surface area contributed by atoms with E-state index in [0.29, 0.717) is 30.8 Å². The molecule has 7 aromatic carbocycles. The number of carboxylic acids is 2. The van der Waals surface area contributed by atoms with E-state index in [-0.39, 0.29) is 33.3 Å². The van der Waals surface area contributed by atoms with Crippen LogP contribution in [0.2, 0.25) is 0 Å². The molecular formula is C73H85NO10S2. The number of nitrogens with zero attached hydrogens (tertiary/aromatic N) is 1. The quantitative estimate of drug-likeness (QED) is 0.0315. The third kappa shape index (κ3) is 22.3. The van der Waals surface area contributed by atoms with Crippen molar-refractivity contribution in [1.82, 2.24) is 4.90 Å². The van der Waals surface area contributed by atoms with Crippen LogP contribution >= 0.6 is 0 Å². The molecule has 0 spiro atoms. The molecule has 0 aromatic heterocycles. The van der Waals surface area contributed by atoms with Crippen LogP contribution in [0.4, 0.5) is 0 Å². The summed E-state index contributed by atoms with van der Waals surface area (Å²) in [5.74, 6) is -2.63. The minimum absolute atomic E-state index is 0.0146. The molecule has 0 atom stereocenters. The number of benzene rings is 7. The van der Waals surface area contributed by atoms with E-state index in [0.717, 1.165) is 65.0 Å². The summed E-state index contributed by atoms with van der Waals surface area (Å²) in [6, 6.07) is 69.8. The highest BCUT2D eigenvalue weighted by Gasteiger charge is 2.53. The fraction of sp³-hybridized carbons (Fsp3) is 0.370. The van der Waals surface area contributed by atoms with Crippen LogP contribution in [0.3, 0.4) is 0 Å². The van der Waals surface area contributed by atoms with Gasteiger partial charge in [-0.2, -0.15) is 0 Å². The van der Waals surface area contributed by atoms with Crippen LogP contribution in [0.5, 0.6) is 5.75 Å². The fourth-order valence-corrected chi connectivity index (χ4v) is 16.2. The lowest BCUT2D eigenvalue weighted by atomic mass is 9.54. The number of hydrogen-bond donors (Lipinski definition) is 1. The van der Waals surface area contributed by atoms with Gasteiger partial charge < -0.3 is 34.3 Å². The molecule has 4 aliphatic carbocycles. The normalized spacial score (nSPS) is 18.1. The third-order valence-corrected chi connectivity index (χ3v) is 20.2. The smallest absolute Gasteiger partial charge is 0.354 e. The van der Waals surface area contributed by atoms with Crippen molar-refractivity contribution in [3.05, 3.63) is 212 Å². The Labute approximate surface area is 515 Å². The maximum Gasteiger partial charge on any atom is 0.354 e. The van der Waals surface area contributed by atoms with E-state index in [4.69, 9.17) is 19.3 Å². The van der Waals surface area contributed by atoms with E-state index >= 15 is 0 Å². The van der Waals surface area contributed by atoms with Gasteiger partial charge in [-0.3, -0.25) is 9.69 Å². The van der Waals surface area contributed by atoms with Crippen LogP contribution < -0.4 is 10.2 Å². The monoisotopic (exact) mass is 1200 g/mol. The maximum atomic E-state index is 11.6. The molecule has 0 radical (unpaired) electrons. The molecule has 1 saturated heterocycles. The first-order valence-corrected chi connectivity index (χ1v) is 33.1. The lowest BCUT2D eigenvalue weighted by Gasteiger charge is -2.55. The lowest BCUT2D eigenvalue weighted by Crippen LogP contribution is -2.54. The van der Waals surface area contributed by atoms with Crippen molar-refractivity contribution in [2.45, 2.75) is 145 Å². The van der Waals surface area contributed by atoms with Crippen molar-refractivity contribution in [3.8, 4) is 5.75 Å². The summed E-state index contributed by atoms with van der Waals surface area (Å²) < 4.78 is 15.8. The zero-order valence-electron chi connectivity index (χ0n) is 49.8. The van der Waals surface area contributed by atoms with Crippen molar-refractivity contribution in [2.75, 3.05) is 39.5 Å². The molecule has 454 valence electrons. The summed E-state index contributed by atoms with van der Waals surface area (Å²) in [7, 11) is -0.0293. The van der Waals surface area contributed by atoms with Crippen LogP contribution in [0.15, 0.2) is 236 Å². The largest absolute Gasteiger partial charge is 0.872 e. The van der Waals surface area contributed by atoms with Gasteiger partial charge in [0.25, 0.3) is 0 Å². The molecule has 12 rings (SSSR count). The first-order valence-electron chi connectivity index (χ1n) is 30.7. The van der Waals surface area contributed by atoms with Crippen molar-refractivity contribution in [2.24, 2.45) is 17.8 Å². The predicted octanol–water partition coefficient (Wildman–Crippen LogP) is 14.1. The van der Waals surface area contributed by atoms with Gasteiger partial charge in [0.15, 0.2) is 35.3 Å². The number of para-hydroxylation sites is 1. The van der Waals surface area contributed by atoms with Gasteiger partial charge in [-0.1, -0.05) is 191 Å². The molecule has 1 aliphatic heterocycles. The zero-order chi connectivity index (χ0) is 60.6. The zero-order valence-corrected chi connectivity index (χ0v) is 51.4. The minimum atomic E-state index is -1.71. The summed E-state index contributed by atoms with van der Waals surface area (Å²) in [5, 5.41) is 29.5.